The smallest absolute Gasteiger partial charge is 0.272 e. The van der Waals surface area contributed by atoms with Gasteiger partial charge in [-0.1, -0.05) is 11.6 Å². The topological polar surface area (TPSA) is 75.0 Å². The van der Waals surface area contributed by atoms with Crippen molar-refractivity contribution in [2.24, 2.45) is 0 Å². The lowest BCUT2D eigenvalue weighted by Crippen LogP contribution is -2.37. The molecular formula is C15H19ClN4O3S. The van der Waals surface area contributed by atoms with E-state index in [1.165, 1.54) is 10.6 Å². The predicted octanol–water partition coefficient (Wildman–Crippen LogP) is 1.40. The van der Waals surface area contributed by atoms with Crippen LogP contribution in [0, 0.1) is 6.92 Å². The number of nitrogens with zero attached hydrogens (tertiary/aromatic N) is 4. The van der Waals surface area contributed by atoms with E-state index < -0.39 is 10.0 Å². The number of aromatic nitrogens is 2. The Balaban J connectivity index is 1.90. The lowest BCUT2D eigenvalue weighted by molar-refractivity contribution is 0.0756. The van der Waals surface area contributed by atoms with E-state index in [2.05, 4.69) is 4.98 Å². The molecule has 130 valence electrons. The lowest BCUT2D eigenvalue weighted by atomic mass is 10.3. The highest BCUT2D eigenvalue weighted by molar-refractivity contribution is 7.88. The Morgan fingerprint density at radius 1 is 1.21 bits per heavy atom. The summed E-state index contributed by atoms with van der Waals surface area (Å²) in [6.07, 6.45) is 3.47. The second-order valence-electron chi connectivity index (χ2n) is 5.93. The molecule has 0 spiro atoms. The van der Waals surface area contributed by atoms with Crippen LogP contribution in [-0.2, 0) is 10.0 Å². The summed E-state index contributed by atoms with van der Waals surface area (Å²) in [7, 11) is -3.24. The average molecular weight is 371 g/mol. The largest absolute Gasteiger partial charge is 0.336 e. The first kappa shape index (κ1) is 17.2. The van der Waals surface area contributed by atoms with Crippen LogP contribution in [0.3, 0.4) is 0 Å². The predicted molar refractivity (Wildman–Crippen MR) is 91.9 cm³/mol. The van der Waals surface area contributed by atoms with Crippen molar-refractivity contribution in [3.05, 3.63) is 34.7 Å². The zero-order valence-corrected chi connectivity index (χ0v) is 15.1. The summed E-state index contributed by atoms with van der Waals surface area (Å²) in [5.41, 5.74) is 1.76. The van der Waals surface area contributed by atoms with Gasteiger partial charge < -0.3 is 4.90 Å². The van der Waals surface area contributed by atoms with Crippen LogP contribution in [0.5, 0.6) is 0 Å². The molecule has 0 saturated carbocycles. The Bertz CT molecular complexity index is 894. The van der Waals surface area contributed by atoms with Gasteiger partial charge in [0.2, 0.25) is 10.0 Å². The minimum absolute atomic E-state index is 0.155. The van der Waals surface area contributed by atoms with Gasteiger partial charge in [0, 0.05) is 32.4 Å². The van der Waals surface area contributed by atoms with Gasteiger partial charge >= 0.3 is 0 Å². The van der Waals surface area contributed by atoms with Gasteiger partial charge in [0.05, 0.1) is 17.0 Å². The summed E-state index contributed by atoms with van der Waals surface area (Å²) < 4.78 is 26.5. The first-order valence-corrected chi connectivity index (χ1v) is 9.88. The van der Waals surface area contributed by atoms with Gasteiger partial charge in [0.1, 0.15) is 11.3 Å². The summed E-state index contributed by atoms with van der Waals surface area (Å²) in [6, 6.07) is 3.49. The van der Waals surface area contributed by atoms with Crippen LogP contribution in [0.2, 0.25) is 5.02 Å². The Morgan fingerprint density at radius 2 is 1.96 bits per heavy atom. The van der Waals surface area contributed by atoms with Crippen LogP contribution in [0.15, 0.2) is 18.3 Å². The summed E-state index contributed by atoms with van der Waals surface area (Å²) in [5, 5.41) is 0.521. The Morgan fingerprint density at radius 3 is 2.67 bits per heavy atom. The fourth-order valence-corrected chi connectivity index (χ4v) is 4.01. The number of sulfonamides is 1. The van der Waals surface area contributed by atoms with Crippen LogP contribution in [0.25, 0.3) is 5.65 Å². The third-order valence-electron chi connectivity index (χ3n) is 4.17. The minimum Gasteiger partial charge on any atom is -0.336 e. The van der Waals surface area contributed by atoms with Gasteiger partial charge in [-0.05, 0) is 25.5 Å². The molecule has 1 amide bonds. The molecule has 9 heteroatoms. The highest BCUT2D eigenvalue weighted by atomic mass is 35.5. The van der Waals surface area contributed by atoms with Crippen molar-refractivity contribution in [1.82, 2.24) is 18.6 Å². The molecule has 0 N–H and O–H groups in total. The molecule has 3 heterocycles. The van der Waals surface area contributed by atoms with E-state index in [9.17, 15) is 13.2 Å². The third kappa shape index (κ3) is 3.26. The molecule has 1 aliphatic heterocycles. The number of aryl methyl sites for hydroxylation is 1. The van der Waals surface area contributed by atoms with Crippen molar-refractivity contribution in [1.29, 1.82) is 0 Å². The van der Waals surface area contributed by atoms with E-state index in [0.717, 1.165) is 0 Å². The third-order valence-corrected chi connectivity index (χ3v) is 5.70. The van der Waals surface area contributed by atoms with E-state index in [-0.39, 0.29) is 5.91 Å². The first-order valence-electron chi connectivity index (χ1n) is 7.66. The fourth-order valence-electron chi connectivity index (χ4n) is 2.97. The SMILES string of the molecule is Cc1nc2ccc(Cl)cn2c1C(=O)N1CCCN(S(C)(=O)=O)CC1. The molecule has 24 heavy (non-hydrogen) atoms. The monoisotopic (exact) mass is 370 g/mol. The Kier molecular flexibility index (Phi) is 4.54. The van der Waals surface area contributed by atoms with Crippen molar-refractivity contribution < 1.29 is 13.2 Å². The molecule has 1 fully saturated rings. The van der Waals surface area contributed by atoms with Crippen molar-refractivity contribution in [2.45, 2.75) is 13.3 Å². The molecule has 0 radical (unpaired) electrons. The van der Waals surface area contributed by atoms with Gasteiger partial charge in [0.25, 0.3) is 5.91 Å². The number of hydrogen-bond acceptors (Lipinski definition) is 4. The van der Waals surface area contributed by atoms with E-state index in [1.807, 2.05) is 0 Å². The Hall–Kier alpha value is -1.64. The number of imidazole rings is 1. The maximum atomic E-state index is 13.0. The van der Waals surface area contributed by atoms with Gasteiger partial charge in [-0.2, -0.15) is 0 Å². The number of carbonyl (C=O) groups excluding carboxylic acids is 1. The molecule has 0 aliphatic carbocycles. The number of halogens is 1. The quantitative estimate of drug-likeness (QED) is 0.800. The second kappa shape index (κ2) is 6.34. The molecule has 0 bridgehead atoms. The summed E-state index contributed by atoms with van der Waals surface area (Å²) in [5.74, 6) is -0.155. The number of pyridine rings is 1. The van der Waals surface area contributed by atoms with Gasteiger partial charge in [0.15, 0.2) is 0 Å². The highest BCUT2D eigenvalue weighted by Gasteiger charge is 2.27. The molecule has 0 atom stereocenters. The number of hydrogen-bond donors (Lipinski definition) is 0. The summed E-state index contributed by atoms with van der Waals surface area (Å²) in [6.45, 7) is 3.40. The maximum absolute atomic E-state index is 13.0. The van der Waals surface area contributed by atoms with Crippen molar-refractivity contribution >= 4 is 33.2 Å². The molecular weight excluding hydrogens is 352 g/mol. The number of rotatable bonds is 2. The van der Waals surface area contributed by atoms with Crippen molar-refractivity contribution in [3.8, 4) is 0 Å². The standard InChI is InChI=1S/C15H19ClN4O3S/c1-11-14(20-10-12(16)4-5-13(20)17-11)15(21)18-6-3-7-19(9-8-18)24(2,22)23/h4-5,10H,3,6-9H2,1-2H3. The van der Waals surface area contributed by atoms with Gasteiger partial charge in [-0.25, -0.2) is 17.7 Å². The number of amides is 1. The summed E-state index contributed by atoms with van der Waals surface area (Å²) >= 11 is 6.04. The second-order valence-corrected chi connectivity index (χ2v) is 8.35. The maximum Gasteiger partial charge on any atom is 0.272 e. The molecule has 1 saturated heterocycles. The first-order chi connectivity index (χ1) is 11.3. The normalized spacial score (nSPS) is 17.2. The molecule has 0 unspecified atom stereocenters. The zero-order chi connectivity index (χ0) is 17.5. The van der Waals surface area contributed by atoms with E-state index in [0.29, 0.717) is 54.7 Å². The van der Waals surface area contributed by atoms with E-state index >= 15 is 0 Å². The van der Waals surface area contributed by atoms with Gasteiger partial charge in [-0.15, -0.1) is 0 Å². The van der Waals surface area contributed by atoms with Crippen LogP contribution in [0.1, 0.15) is 22.6 Å². The van der Waals surface area contributed by atoms with E-state index in [1.54, 1.807) is 34.6 Å². The van der Waals surface area contributed by atoms with Crippen LogP contribution >= 0.6 is 11.6 Å². The van der Waals surface area contributed by atoms with Crippen molar-refractivity contribution in [3.63, 3.8) is 0 Å². The molecule has 3 rings (SSSR count). The Labute approximate surface area is 145 Å². The minimum atomic E-state index is -3.24. The van der Waals surface area contributed by atoms with E-state index in [4.69, 9.17) is 11.6 Å². The number of fused-ring (bicyclic) bond motifs is 1. The van der Waals surface area contributed by atoms with Gasteiger partial charge in [-0.3, -0.25) is 9.20 Å². The molecule has 0 aromatic carbocycles. The summed E-state index contributed by atoms with van der Waals surface area (Å²) in [4.78, 5) is 19.1. The molecule has 2 aromatic rings. The lowest BCUT2D eigenvalue weighted by Gasteiger charge is -2.21. The highest BCUT2D eigenvalue weighted by Crippen LogP contribution is 2.19. The molecule has 7 nitrogen and oxygen atoms in total. The zero-order valence-electron chi connectivity index (χ0n) is 13.6. The fraction of sp³-hybridized carbons (Fsp3) is 0.467. The van der Waals surface area contributed by atoms with Crippen LogP contribution in [-0.4, -0.2) is 65.3 Å². The van der Waals surface area contributed by atoms with Crippen LogP contribution in [0.4, 0.5) is 0 Å². The van der Waals surface area contributed by atoms with Crippen LogP contribution < -0.4 is 0 Å². The average Bonchev–Trinajstić information content (AvgIpc) is 2.68. The molecule has 2 aromatic heterocycles. The van der Waals surface area contributed by atoms with Crippen molar-refractivity contribution in [2.75, 3.05) is 32.4 Å². The molecule has 1 aliphatic rings. The number of carbonyl (C=O) groups is 1.